The number of nitrogens with one attached hydrogen (secondary N) is 2. The van der Waals surface area contributed by atoms with Gasteiger partial charge in [-0.1, -0.05) is 0 Å². The number of sulfone groups is 1. The number of carbonyl (C=O) groups excluding carboxylic acids is 2. The van der Waals surface area contributed by atoms with Gasteiger partial charge in [0.25, 0.3) is 0 Å². The van der Waals surface area contributed by atoms with Crippen LogP contribution < -0.4 is 10.6 Å². The van der Waals surface area contributed by atoms with Crippen molar-refractivity contribution in [3.63, 3.8) is 0 Å². The van der Waals surface area contributed by atoms with E-state index < -0.39 is 33.2 Å². The van der Waals surface area contributed by atoms with Crippen LogP contribution in [0.3, 0.4) is 0 Å². The van der Waals surface area contributed by atoms with Crippen LogP contribution in [0.15, 0.2) is 34.2 Å². The molecule has 0 aliphatic carbocycles. The maximum atomic E-state index is 12.0. The van der Waals surface area contributed by atoms with E-state index in [4.69, 9.17) is 9.47 Å². The second-order valence-corrected chi connectivity index (χ2v) is 10.00. The van der Waals surface area contributed by atoms with Crippen LogP contribution >= 0.6 is 0 Å². The van der Waals surface area contributed by atoms with E-state index in [2.05, 4.69) is 15.6 Å². The van der Waals surface area contributed by atoms with Crippen LogP contribution in [-0.4, -0.2) is 44.0 Å². The summed E-state index contributed by atoms with van der Waals surface area (Å²) in [5, 5.41) is 4.68. The first-order valence-electron chi connectivity index (χ1n) is 8.44. The number of hydrogen-bond acceptors (Lipinski definition) is 7. The average Bonchev–Trinajstić information content (AvgIpc) is 2.42. The standard InChI is InChI=1S/C18H27N3O6S/c1-17(2,3)26-15(22)20-14(21-16(23)27-18(4,5)6)19-12-8-10-13(11-9-12)28(7,24)25/h8-11H,1-7H3,(H2,19,20,21,22,23). The highest BCUT2D eigenvalue weighted by atomic mass is 32.2. The number of benzene rings is 1. The Hall–Kier alpha value is -2.62. The summed E-state index contributed by atoms with van der Waals surface area (Å²) in [6.45, 7) is 10.1. The van der Waals surface area contributed by atoms with Gasteiger partial charge in [0.2, 0.25) is 5.96 Å². The lowest BCUT2D eigenvalue weighted by Crippen LogP contribution is -2.47. The number of amides is 2. The summed E-state index contributed by atoms with van der Waals surface area (Å²) < 4.78 is 33.4. The molecule has 0 radical (unpaired) electrons. The minimum atomic E-state index is -3.35. The van der Waals surface area contributed by atoms with Gasteiger partial charge in [-0.05, 0) is 65.8 Å². The van der Waals surface area contributed by atoms with Crippen LogP contribution in [-0.2, 0) is 19.3 Å². The molecule has 1 rings (SSSR count). The Morgan fingerprint density at radius 1 is 0.857 bits per heavy atom. The Morgan fingerprint density at radius 2 is 1.25 bits per heavy atom. The predicted molar refractivity (Wildman–Crippen MR) is 105 cm³/mol. The van der Waals surface area contributed by atoms with Gasteiger partial charge in [0.15, 0.2) is 9.84 Å². The van der Waals surface area contributed by atoms with E-state index in [1.807, 2.05) is 0 Å². The molecule has 0 saturated carbocycles. The van der Waals surface area contributed by atoms with E-state index in [1.165, 1.54) is 24.3 Å². The molecule has 28 heavy (non-hydrogen) atoms. The largest absolute Gasteiger partial charge is 0.444 e. The second-order valence-electron chi connectivity index (χ2n) is 7.98. The van der Waals surface area contributed by atoms with Crippen LogP contribution in [0, 0.1) is 0 Å². The van der Waals surface area contributed by atoms with Crippen LogP contribution in [0.5, 0.6) is 0 Å². The van der Waals surface area contributed by atoms with Crippen molar-refractivity contribution in [3.05, 3.63) is 24.3 Å². The zero-order valence-corrected chi connectivity index (χ0v) is 17.9. The van der Waals surface area contributed by atoms with Gasteiger partial charge in [-0.3, -0.25) is 10.6 Å². The predicted octanol–water partition coefficient (Wildman–Crippen LogP) is 3.13. The highest BCUT2D eigenvalue weighted by Gasteiger charge is 2.21. The SMILES string of the molecule is CC(C)(C)OC(=O)NC(=Nc1ccc(S(C)(=O)=O)cc1)NC(=O)OC(C)(C)C. The molecular weight excluding hydrogens is 386 g/mol. The van der Waals surface area contributed by atoms with Crippen molar-refractivity contribution in [3.8, 4) is 0 Å². The van der Waals surface area contributed by atoms with Gasteiger partial charge in [-0.25, -0.2) is 23.0 Å². The fraction of sp³-hybridized carbons (Fsp3) is 0.500. The van der Waals surface area contributed by atoms with Crippen molar-refractivity contribution < 1.29 is 27.5 Å². The first kappa shape index (κ1) is 23.4. The third kappa shape index (κ3) is 9.36. The molecule has 0 spiro atoms. The topological polar surface area (TPSA) is 123 Å². The zero-order valence-electron chi connectivity index (χ0n) is 17.1. The molecule has 0 aliphatic rings. The summed E-state index contributed by atoms with van der Waals surface area (Å²) in [6.07, 6.45) is -0.560. The van der Waals surface area contributed by atoms with Crippen LogP contribution in [0.25, 0.3) is 0 Å². The van der Waals surface area contributed by atoms with E-state index in [0.29, 0.717) is 5.69 Å². The summed E-state index contributed by atoms with van der Waals surface area (Å²) >= 11 is 0. The van der Waals surface area contributed by atoms with Gasteiger partial charge in [-0.2, -0.15) is 0 Å². The third-order valence-electron chi connectivity index (χ3n) is 2.74. The summed E-state index contributed by atoms with van der Waals surface area (Å²) in [6, 6.07) is 5.60. The summed E-state index contributed by atoms with van der Waals surface area (Å²) in [4.78, 5) is 28.3. The first-order valence-corrected chi connectivity index (χ1v) is 10.3. The molecule has 10 heteroatoms. The van der Waals surface area contributed by atoms with E-state index in [1.54, 1.807) is 41.5 Å². The fourth-order valence-corrected chi connectivity index (χ4v) is 2.42. The highest BCUT2D eigenvalue weighted by molar-refractivity contribution is 7.90. The van der Waals surface area contributed by atoms with E-state index in [0.717, 1.165) is 6.26 Å². The van der Waals surface area contributed by atoms with E-state index >= 15 is 0 Å². The van der Waals surface area contributed by atoms with Crippen molar-refractivity contribution >= 4 is 33.7 Å². The maximum Gasteiger partial charge on any atom is 0.414 e. The molecule has 0 bridgehead atoms. The monoisotopic (exact) mass is 413 g/mol. The molecule has 0 unspecified atom stereocenters. The zero-order chi connectivity index (χ0) is 21.8. The average molecular weight is 413 g/mol. The smallest absolute Gasteiger partial charge is 0.414 e. The molecule has 0 aromatic heterocycles. The van der Waals surface area contributed by atoms with Crippen LogP contribution in [0.1, 0.15) is 41.5 Å². The molecule has 9 nitrogen and oxygen atoms in total. The number of carbonyl (C=O) groups is 2. The first-order chi connectivity index (χ1) is 12.5. The Labute approximate surface area is 165 Å². The Balaban J connectivity index is 3.09. The Bertz CT molecular complexity index is 815. The summed E-state index contributed by atoms with van der Waals surface area (Å²) in [5.41, 5.74) is -1.20. The summed E-state index contributed by atoms with van der Waals surface area (Å²) in [7, 11) is -3.35. The van der Waals surface area contributed by atoms with Gasteiger partial charge in [-0.15, -0.1) is 0 Å². The molecule has 1 aromatic rings. The van der Waals surface area contributed by atoms with Crippen molar-refractivity contribution in [2.75, 3.05) is 6.26 Å². The number of aliphatic imine (C=N–C) groups is 1. The fourth-order valence-electron chi connectivity index (χ4n) is 1.78. The van der Waals surface area contributed by atoms with Gasteiger partial charge in [0.1, 0.15) is 11.2 Å². The Kier molecular flexibility index (Phi) is 7.19. The number of rotatable bonds is 2. The molecule has 1 aromatic carbocycles. The van der Waals surface area contributed by atoms with Crippen molar-refractivity contribution in [2.45, 2.75) is 57.6 Å². The highest BCUT2D eigenvalue weighted by Crippen LogP contribution is 2.16. The minimum absolute atomic E-state index is 0.119. The van der Waals surface area contributed by atoms with Gasteiger partial charge in [0, 0.05) is 6.26 Å². The normalized spacial score (nSPS) is 12.0. The number of guanidine groups is 1. The molecule has 0 saturated heterocycles. The van der Waals surface area contributed by atoms with Crippen molar-refractivity contribution in [2.24, 2.45) is 4.99 Å². The third-order valence-corrected chi connectivity index (χ3v) is 3.87. The molecule has 0 fully saturated rings. The van der Waals surface area contributed by atoms with Crippen molar-refractivity contribution in [1.82, 2.24) is 10.6 Å². The number of ether oxygens (including phenoxy) is 2. The van der Waals surface area contributed by atoms with E-state index in [9.17, 15) is 18.0 Å². The number of nitrogens with zero attached hydrogens (tertiary/aromatic N) is 1. The quantitative estimate of drug-likeness (QED) is 0.567. The molecule has 0 aliphatic heterocycles. The molecule has 0 atom stereocenters. The van der Waals surface area contributed by atoms with Crippen LogP contribution in [0.4, 0.5) is 15.3 Å². The lowest BCUT2D eigenvalue weighted by Gasteiger charge is -2.22. The lowest BCUT2D eigenvalue weighted by molar-refractivity contribution is 0.0545. The maximum absolute atomic E-state index is 12.0. The Morgan fingerprint density at radius 3 is 1.57 bits per heavy atom. The van der Waals surface area contributed by atoms with Gasteiger partial charge < -0.3 is 9.47 Å². The van der Waals surface area contributed by atoms with Gasteiger partial charge in [0.05, 0.1) is 10.6 Å². The molecule has 0 heterocycles. The molecule has 2 N–H and O–H groups in total. The lowest BCUT2D eigenvalue weighted by atomic mass is 10.2. The van der Waals surface area contributed by atoms with Crippen molar-refractivity contribution in [1.29, 1.82) is 0 Å². The molecule has 2 amide bonds. The number of alkyl carbamates (subject to hydrolysis) is 2. The molecule has 156 valence electrons. The second kappa shape index (κ2) is 8.59. The summed E-state index contributed by atoms with van der Waals surface area (Å²) in [5.74, 6) is -0.226. The van der Waals surface area contributed by atoms with Gasteiger partial charge >= 0.3 is 12.2 Å². The van der Waals surface area contributed by atoms with E-state index in [-0.39, 0.29) is 10.9 Å². The minimum Gasteiger partial charge on any atom is -0.444 e. The molecular formula is C18H27N3O6S. The van der Waals surface area contributed by atoms with Crippen LogP contribution in [0.2, 0.25) is 0 Å². The number of hydrogen-bond donors (Lipinski definition) is 2.